The highest BCUT2D eigenvalue weighted by Crippen LogP contribution is 2.61. The third kappa shape index (κ3) is 1.80. The van der Waals surface area contributed by atoms with E-state index in [1.54, 1.807) is 0 Å². The summed E-state index contributed by atoms with van der Waals surface area (Å²) in [6.45, 7) is 2.22. The molecule has 5 rings (SSSR count). The molecule has 24 heavy (non-hydrogen) atoms. The lowest BCUT2D eigenvalue weighted by atomic mass is 9.65. The number of phenols is 1. The van der Waals surface area contributed by atoms with Crippen LogP contribution in [0.15, 0.2) is 6.07 Å². The Labute approximate surface area is 143 Å². The van der Waals surface area contributed by atoms with Gasteiger partial charge in [0, 0.05) is 30.0 Å². The number of benzene rings is 1. The van der Waals surface area contributed by atoms with Gasteiger partial charge in [0.1, 0.15) is 5.75 Å². The summed E-state index contributed by atoms with van der Waals surface area (Å²) < 4.78 is 0. The number of hydrogen-bond donors (Lipinski definition) is 4. The molecule has 4 aliphatic rings. The predicted octanol–water partition coefficient (Wildman–Crippen LogP) is 2.18. The van der Waals surface area contributed by atoms with E-state index in [0.717, 1.165) is 56.1 Å². The molecule has 5 N–H and O–H groups in total. The zero-order valence-electron chi connectivity index (χ0n) is 14.4. The quantitative estimate of drug-likeness (QED) is 0.589. The number of aromatic hydroxyl groups is 1. The number of hydrogen-bond acceptors (Lipinski definition) is 4. The number of nitrogens with two attached hydrogens (primary N) is 1. The second kappa shape index (κ2) is 4.75. The molecule has 2 fully saturated rings. The van der Waals surface area contributed by atoms with Gasteiger partial charge in [-0.3, -0.25) is 0 Å². The molecule has 3 aliphatic carbocycles. The van der Waals surface area contributed by atoms with Gasteiger partial charge in [0.15, 0.2) is 0 Å². The van der Waals surface area contributed by atoms with Crippen molar-refractivity contribution >= 4 is 0 Å². The number of nitrogens with one attached hydrogen (secondary N) is 1. The molecule has 5 atom stereocenters. The lowest BCUT2D eigenvalue weighted by molar-refractivity contribution is -0.0918. The van der Waals surface area contributed by atoms with Crippen LogP contribution in [0.1, 0.15) is 67.7 Å². The standard InChI is InChI=1S/C20H28N2O2/c1-11-6-7-14-16(22-11)9-19(21)10-20(14,24)15-8-17(23)12-4-2-3-5-13(12)18(15)19/h8,11,14,16,22-24H,2-7,9-10,21H2,1H3/t11-,14+,16+,19+,20+/m0/s1. The van der Waals surface area contributed by atoms with Crippen LogP contribution < -0.4 is 11.1 Å². The monoisotopic (exact) mass is 328 g/mol. The first-order chi connectivity index (χ1) is 11.4. The molecule has 130 valence electrons. The first-order valence-corrected chi connectivity index (χ1v) is 9.58. The first-order valence-electron chi connectivity index (χ1n) is 9.58. The van der Waals surface area contributed by atoms with Gasteiger partial charge >= 0.3 is 0 Å². The van der Waals surface area contributed by atoms with Crippen molar-refractivity contribution < 1.29 is 10.2 Å². The summed E-state index contributed by atoms with van der Waals surface area (Å²) in [5, 5.41) is 26.0. The first kappa shape index (κ1) is 15.2. The molecule has 1 aromatic carbocycles. The highest BCUT2D eigenvalue weighted by Gasteiger charge is 2.61. The van der Waals surface area contributed by atoms with Crippen molar-refractivity contribution in [1.82, 2.24) is 5.32 Å². The summed E-state index contributed by atoms with van der Waals surface area (Å²) in [4.78, 5) is 0. The second-order valence-electron chi connectivity index (χ2n) is 8.80. The van der Waals surface area contributed by atoms with E-state index in [2.05, 4.69) is 12.2 Å². The van der Waals surface area contributed by atoms with Crippen molar-refractivity contribution in [2.45, 2.75) is 81.5 Å². The number of piperidine rings is 1. The van der Waals surface area contributed by atoms with Gasteiger partial charge < -0.3 is 21.3 Å². The van der Waals surface area contributed by atoms with Crippen LogP contribution in [0.25, 0.3) is 0 Å². The van der Waals surface area contributed by atoms with E-state index in [1.165, 1.54) is 11.1 Å². The minimum Gasteiger partial charge on any atom is -0.508 e. The molecule has 1 aromatic rings. The Bertz CT molecular complexity index is 718. The van der Waals surface area contributed by atoms with E-state index in [4.69, 9.17) is 5.73 Å². The van der Waals surface area contributed by atoms with Crippen LogP contribution in [0.2, 0.25) is 0 Å². The summed E-state index contributed by atoms with van der Waals surface area (Å²) in [5.41, 5.74) is 10.1. The fourth-order valence-corrected chi connectivity index (χ4v) is 6.36. The number of phenolic OH excluding ortho intramolecular Hbond substituents is 1. The van der Waals surface area contributed by atoms with Gasteiger partial charge in [0.2, 0.25) is 0 Å². The molecular formula is C20H28N2O2. The van der Waals surface area contributed by atoms with E-state index in [0.29, 0.717) is 18.2 Å². The fourth-order valence-electron chi connectivity index (χ4n) is 6.36. The molecule has 4 heteroatoms. The smallest absolute Gasteiger partial charge is 0.119 e. The lowest BCUT2D eigenvalue weighted by Crippen LogP contribution is -2.60. The Balaban J connectivity index is 1.73. The minimum absolute atomic E-state index is 0.202. The second-order valence-corrected chi connectivity index (χ2v) is 8.80. The lowest BCUT2D eigenvalue weighted by Gasteiger charge is -2.50. The summed E-state index contributed by atoms with van der Waals surface area (Å²) in [6, 6.07) is 2.61. The van der Waals surface area contributed by atoms with Crippen LogP contribution >= 0.6 is 0 Å². The Morgan fingerprint density at radius 2 is 1.96 bits per heavy atom. The molecule has 0 radical (unpaired) electrons. The molecule has 1 aliphatic heterocycles. The van der Waals surface area contributed by atoms with E-state index in [-0.39, 0.29) is 12.0 Å². The average molecular weight is 328 g/mol. The molecule has 0 aromatic heterocycles. The van der Waals surface area contributed by atoms with Crippen molar-refractivity contribution in [2.75, 3.05) is 0 Å². The number of aliphatic hydroxyl groups is 1. The third-order valence-corrected chi connectivity index (χ3v) is 7.27. The minimum atomic E-state index is -0.885. The third-order valence-electron chi connectivity index (χ3n) is 7.27. The maximum absolute atomic E-state index is 11.7. The molecule has 1 saturated heterocycles. The van der Waals surface area contributed by atoms with E-state index >= 15 is 0 Å². The predicted molar refractivity (Wildman–Crippen MR) is 92.9 cm³/mol. The van der Waals surface area contributed by atoms with E-state index < -0.39 is 11.1 Å². The maximum atomic E-state index is 11.7. The van der Waals surface area contributed by atoms with Gasteiger partial charge in [-0.2, -0.15) is 0 Å². The van der Waals surface area contributed by atoms with Crippen LogP contribution in [0, 0.1) is 5.92 Å². The van der Waals surface area contributed by atoms with Crippen LogP contribution in [-0.2, 0) is 24.0 Å². The Kier molecular flexibility index (Phi) is 3.00. The molecule has 0 amide bonds. The van der Waals surface area contributed by atoms with Gasteiger partial charge in [0.05, 0.1) is 5.60 Å². The van der Waals surface area contributed by atoms with E-state index in [9.17, 15) is 10.2 Å². The summed E-state index contributed by atoms with van der Waals surface area (Å²) in [6.07, 6.45) is 7.84. The zero-order valence-corrected chi connectivity index (χ0v) is 14.4. The van der Waals surface area contributed by atoms with Gasteiger partial charge in [-0.15, -0.1) is 0 Å². The van der Waals surface area contributed by atoms with Crippen molar-refractivity contribution in [3.8, 4) is 5.75 Å². The van der Waals surface area contributed by atoms with Gasteiger partial charge in [0.25, 0.3) is 0 Å². The van der Waals surface area contributed by atoms with Crippen molar-refractivity contribution in [1.29, 1.82) is 0 Å². The fraction of sp³-hybridized carbons (Fsp3) is 0.700. The Morgan fingerprint density at radius 3 is 2.75 bits per heavy atom. The SMILES string of the molecule is C[C@H]1CC[C@@H]2[C@@H](C[C@@]3(N)C[C@]2(O)c2cc(O)c4c(c23)CCCC4)N1. The highest BCUT2D eigenvalue weighted by atomic mass is 16.3. The van der Waals surface area contributed by atoms with Crippen molar-refractivity contribution in [3.63, 3.8) is 0 Å². The van der Waals surface area contributed by atoms with Crippen LogP contribution in [0.4, 0.5) is 0 Å². The van der Waals surface area contributed by atoms with Crippen LogP contribution in [0.3, 0.4) is 0 Å². The number of rotatable bonds is 0. The molecule has 0 unspecified atom stereocenters. The van der Waals surface area contributed by atoms with Crippen LogP contribution in [0.5, 0.6) is 5.75 Å². The Hall–Kier alpha value is -1.10. The largest absolute Gasteiger partial charge is 0.508 e. The van der Waals surface area contributed by atoms with Crippen molar-refractivity contribution in [2.24, 2.45) is 11.7 Å². The normalized spacial score (nSPS) is 43.0. The summed E-state index contributed by atoms with van der Waals surface area (Å²) in [7, 11) is 0. The maximum Gasteiger partial charge on any atom is 0.119 e. The molecule has 0 spiro atoms. The Morgan fingerprint density at radius 1 is 1.21 bits per heavy atom. The van der Waals surface area contributed by atoms with Gasteiger partial charge in [-0.25, -0.2) is 0 Å². The molecule has 2 bridgehead atoms. The van der Waals surface area contributed by atoms with E-state index in [1.807, 2.05) is 6.07 Å². The van der Waals surface area contributed by atoms with Gasteiger partial charge in [-0.1, -0.05) is 0 Å². The molecule has 4 nitrogen and oxygen atoms in total. The topological polar surface area (TPSA) is 78.5 Å². The molecule has 1 heterocycles. The highest BCUT2D eigenvalue weighted by molar-refractivity contribution is 5.59. The summed E-state index contributed by atoms with van der Waals surface area (Å²) in [5.74, 6) is 0.578. The molecule has 1 saturated carbocycles. The van der Waals surface area contributed by atoms with Gasteiger partial charge in [-0.05, 0) is 80.2 Å². The van der Waals surface area contributed by atoms with Crippen molar-refractivity contribution in [3.05, 3.63) is 28.3 Å². The molecular weight excluding hydrogens is 300 g/mol. The zero-order chi connectivity index (χ0) is 16.7. The average Bonchev–Trinajstić information content (AvgIpc) is 2.71. The number of fused-ring (bicyclic) bond motifs is 9. The summed E-state index contributed by atoms with van der Waals surface area (Å²) >= 11 is 0. The van der Waals surface area contributed by atoms with Crippen LogP contribution in [-0.4, -0.2) is 22.3 Å².